The number of carbonyl (C=O) groups excluding carboxylic acids is 1. The smallest absolute Gasteiger partial charge is 0.387 e. The highest BCUT2D eigenvalue weighted by atomic mass is 19.3. The molecule has 0 saturated carbocycles. The van der Waals surface area contributed by atoms with E-state index in [1.807, 2.05) is 29.2 Å². The van der Waals surface area contributed by atoms with Crippen molar-refractivity contribution in [2.75, 3.05) is 26.0 Å². The number of rotatable bonds is 8. The molecule has 0 heterocycles. The van der Waals surface area contributed by atoms with Crippen molar-refractivity contribution < 1.29 is 23.0 Å². The molecule has 0 fully saturated rings. The summed E-state index contributed by atoms with van der Waals surface area (Å²) in [5.41, 5.74) is 2.81. The predicted octanol–water partition coefficient (Wildman–Crippen LogP) is 4.66. The van der Waals surface area contributed by atoms with Crippen molar-refractivity contribution >= 4 is 11.6 Å². The summed E-state index contributed by atoms with van der Waals surface area (Å²) < 4.78 is 34.4. The molecule has 7 heteroatoms. The molecule has 2 aromatic rings. The van der Waals surface area contributed by atoms with Crippen molar-refractivity contribution in [3.63, 3.8) is 0 Å². The highest BCUT2D eigenvalue weighted by Crippen LogP contribution is 2.29. The van der Waals surface area contributed by atoms with Crippen LogP contribution < -0.4 is 14.8 Å². The topological polar surface area (TPSA) is 50.8 Å². The fourth-order valence-electron chi connectivity index (χ4n) is 2.87. The fourth-order valence-corrected chi connectivity index (χ4v) is 2.87. The first-order valence-electron chi connectivity index (χ1n) is 9.29. The molecule has 1 N–H and O–H groups in total. The van der Waals surface area contributed by atoms with E-state index in [2.05, 4.69) is 30.8 Å². The molecule has 0 aliphatic carbocycles. The summed E-state index contributed by atoms with van der Waals surface area (Å²) in [7, 11) is 3.19. The van der Waals surface area contributed by atoms with Crippen LogP contribution in [0.1, 0.15) is 31.9 Å². The number of nitrogens with zero attached hydrogens (tertiary/aromatic N) is 1. The van der Waals surface area contributed by atoms with Gasteiger partial charge in [-0.1, -0.05) is 39.0 Å². The molecular formula is C22H28F2N2O3. The van der Waals surface area contributed by atoms with E-state index in [0.29, 0.717) is 6.54 Å². The number of ether oxygens (including phenoxy) is 2. The zero-order chi connectivity index (χ0) is 21.6. The number of carbonyl (C=O) groups is 1. The molecule has 0 unspecified atom stereocenters. The molecule has 0 aliphatic rings. The first-order chi connectivity index (χ1) is 13.6. The van der Waals surface area contributed by atoms with E-state index < -0.39 is 6.61 Å². The monoisotopic (exact) mass is 406 g/mol. The molecule has 0 bridgehead atoms. The van der Waals surface area contributed by atoms with Crippen LogP contribution in [0.2, 0.25) is 0 Å². The average Bonchev–Trinajstić information content (AvgIpc) is 2.62. The summed E-state index contributed by atoms with van der Waals surface area (Å²) in [5, 5.41) is 2.88. The van der Waals surface area contributed by atoms with E-state index in [1.165, 1.54) is 18.7 Å². The fraction of sp³-hybridized carbons (Fsp3) is 0.409. The van der Waals surface area contributed by atoms with Gasteiger partial charge < -0.3 is 14.8 Å². The Bertz CT molecular complexity index is 818. The number of hydrogen-bond donors (Lipinski definition) is 1. The molecule has 2 rings (SSSR count). The van der Waals surface area contributed by atoms with Gasteiger partial charge >= 0.3 is 6.61 Å². The van der Waals surface area contributed by atoms with Crippen LogP contribution in [0.4, 0.5) is 14.5 Å². The van der Waals surface area contributed by atoms with Gasteiger partial charge in [-0.05, 0) is 47.9 Å². The van der Waals surface area contributed by atoms with Crippen molar-refractivity contribution in [1.82, 2.24) is 4.90 Å². The lowest BCUT2D eigenvalue weighted by Gasteiger charge is -2.20. The van der Waals surface area contributed by atoms with Crippen molar-refractivity contribution in [1.29, 1.82) is 0 Å². The van der Waals surface area contributed by atoms with Gasteiger partial charge in [0, 0.05) is 12.2 Å². The molecule has 0 atom stereocenters. The third-order valence-corrected chi connectivity index (χ3v) is 4.34. The van der Waals surface area contributed by atoms with E-state index in [9.17, 15) is 13.6 Å². The maximum absolute atomic E-state index is 12.4. The van der Waals surface area contributed by atoms with Crippen molar-refractivity contribution in [3.05, 3.63) is 53.6 Å². The van der Waals surface area contributed by atoms with E-state index in [-0.39, 0.29) is 29.4 Å². The van der Waals surface area contributed by atoms with Gasteiger partial charge in [-0.15, -0.1) is 0 Å². The third-order valence-electron chi connectivity index (χ3n) is 4.34. The first-order valence-corrected chi connectivity index (χ1v) is 9.29. The lowest BCUT2D eigenvalue weighted by Crippen LogP contribution is -2.29. The number of halogens is 2. The van der Waals surface area contributed by atoms with E-state index in [0.717, 1.165) is 11.3 Å². The lowest BCUT2D eigenvalue weighted by atomic mass is 9.87. The van der Waals surface area contributed by atoms with Crippen molar-refractivity contribution in [2.45, 2.75) is 39.3 Å². The van der Waals surface area contributed by atoms with Gasteiger partial charge in [0.2, 0.25) is 5.91 Å². The van der Waals surface area contributed by atoms with Crippen LogP contribution in [-0.4, -0.2) is 38.1 Å². The second-order valence-electron chi connectivity index (χ2n) is 7.91. The summed E-state index contributed by atoms with van der Waals surface area (Å²) in [6.07, 6.45) is 0. The number of benzene rings is 2. The van der Waals surface area contributed by atoms with E-state index in [1.54, 1.807) is 19.2 Å². The van der Waals surface area contributed by atoms with Gasteiger partial charge in [-0.25, -0.2) is 0 Å². The number of amides is 1. The van der Waals surface area contributed by atoms with Crippen LogP contribution in [0.25, 0.3) is 0 Å². The molecule has 5 nitrogen and oxygen atoms in total. The largest absolute Gasteiger partial charge is 0.493 e. The molecule has 29 heavy (non-hydrogen) atoms. The predicted molar refractivity (Wildman–Crippen MR) is 110 cm³/mol. The molecule has 0 saturated heterocycles. The van der Waals surface area contributed by atoms with Gasteiger partial charge in [0.1, 0.15) is 0 Å². The molecule has 2 aromatic carbocycles. The van der Waals surface area contributed by atoms with E-state index >= 15 is 0 Å². The minimum absolute atomic E-state index is 0.0228. The summed E-state index contributed by atoms with van der Waals surface area (Å²) in [5.74, 6) is 0.0607. The Balaban J connectivity index is 1.93. The number of nitrogens with one attached hydrogen (secondary N) is 1. The minimum atomic E-state index is -2.92. The first kappa shape index (κ1) is 22.6. The van der Waals surface area contributed by atoms with Gasteiger partial charge in [0.05, 0.1) is 13.7 Å². The molecule has 0 aromatic heterocycles. The summed E-state index contributed by atoms with van der Waals surface area (Å²) in [6, 6.07) is 12.5. The minimum Gasteiger partial charge on any atom is -0.493 e. The molecule has 158 valence electrons. The van der Waals surface area contributed by atoms with Gasteiger partial charge in [0.15, 0.2) is 11.5 Å². The number of methoxy groups -OCH3 is 1. The van der Waals surface area contributed by atoms with Gasteiger partial charge in [-0.3, -0.25) is 9.69 Å². The lowest BCUT2D eigenvalue weighted by molar-refractivity contribution is -0.117. The molecule has 0 aliphatic heterocycles. The van der Waals surface area contributed by atoms with Crippen LogP contribution >= 0.6 is 0 Å². The SMILES string of the molecule is COc1cc(CN(C)CC(=O)Nc2ccc(C(C)(C)C)cc2)ccc1OC(F)F. The number of anilines is 1. The second kappa shape index (κ2) is 9.69. The zero-order valence-corrected chi connectivity index (χ0v) is 17.5. The Kier molecular flexibility index (Phi) is 7.56. The van der Waals surface area contributed by atoms with Crippen LogP contribution in [0.5, 0.6) is 11.5 Å². The van der Waals surface area contributed by atoms with Crippen LogP contribution in [0, 0.1) is 0 Å². The van der Waals surface area contributed by atoms with Crippen LogP contribution in [0.15, 0.2) is 42.5 Å². The Morgan fingerprint density at radius 1 is 1.10 bits per heavy atom. The molecule has 0 radical (unpaired) electrons. The van der Waals surface area contributed by atoms with Crippen molar-refractivity contribution in [2.24, 2.45) is 0 Å². The Morgan fingerprint density at radius 2 is 1.76 bits per heavy atom. The molecule has 0 spiro atoms. The summed E-state index contributed by atoms with van der Waals surface area (Å²) in [6.45, 7) is 4.11. The average molecular weight is 406 g/mol. The van der Waals surface area contributed by atoms with Crippen molar-refractivity contribution in [3.8, 4) is 11.5 Å². The zero-order valence-electron chi connectivity index (χ0n) is 17.5. The van der Waals surface area contributed by atoms with Crippen LogP contribution in [-0.2, 0) is 16.8 Å². The van der Waals surface area contributed by atoms with Gasteiger partial charge in [0.25, 0.3) is 0 Å². The Labute approximate surface area is 170 Å². The number of hydrogen-bond acceptors (Lipinski definition) is 4. The maximum atomic E-state index is 12.4. The van der Waals surface area contributed by atoms with Crippen LogP contribution in [0.3, 0.4) is 0 Å². The number of alkyl halides is 2. The normalized spacial score (nSPS) is 11.6. The highest BCUT2D eigenvalue weighted by Gasteiger charge is 2.15. The Morgan fingerprint density at radius 3 is 2.31 bits per heavy atom. The Hall–Kier alpha value is -2.67. The van der Waals surface area contributed by atoms with Gasteiger partial charge in [-0.2, -0.15) is 8.78 Å². The molecular weight excluding hydrogens is 378 g/mol. The standard InChI is InChI=1S/C22H28F2N2O3/c1-22(2,3)16-7-9-17(10-8-16)25-20(27)14-26(4)13-15-6-11-18(29-21(23)24)19(12-15)28-5/h6-12,21H,13-14H2,1-5H3,(H,25,27). The third kappa shape index (κ3) is 7.02. The maximum Gasteiger partial charge on any atom is 0.387 e. The summed E-state index contributed by atoms with van der Waals surface area (Å²) >= 11 is 0. The van der Waals surface area contributed by atoms with E-state index in [4.69, 9.17) is 4.74 Å². The quantitative estimate of drug-likeness (QED) is 0.693. The molecule has 1 amide bonds. The number of likely N-dealkylation sites (N-methyl/N-ethyl adjacent to an activating group) is 1. The second-order valence-corrected chi connectivity index (χ2v) is 7.91. The summed E-state index contributed by atoms with van der Waals surface area (Å²) in [4.78, 5) is 14.1. The highest BCUT2D eigenvalue weighted by molar-refractivity contribution is 5.92.